The molecule has 0 spiro atoms. The van der Waals surface area contributed by atoms with Crippen molar-refractivity contribution >= 4 is 33.6 Å². The second-order valence-corrected chi connectivity index (χ2v) is 5.33. The monoisotopic (exact) mass is 315 g/mol. The van der Waals surface area contributed by atoms with E-state index in [1.807, 2.05) is 36.0 Å². The molecule has 0 aliphatic carbocycles. The summed E-state index contributed by atoms with van der Waals surface area (Å²) < 4.78 is 0. The number of benzene rings is 1. The van der Waals surface area contributed by atoms with Gasteiger partial charge in [0.05, 0.1) is 0 Å². The molecule has 0 heterocycles. The van der Waals surface area contributed by atoms with Gasteiger partial charge >= 0.3 is 0 Å². The zero-order valence-corrected chi connectivity index (χ0v) is 12.4. The molecule has 1 aromatic rings. The van der Waals surface area contributed by atoms with Gasteiger partial charge in [-0.05, 0) is 42.5 Å². The van der Waals surface area contributed by atoms with Gasteiger partial charge < -0.3 is 5.32 Å². The Morgan fingerprint density at radius 2 is 2.00 bits per heavy atom. The average Bonchev–Trinajstić information content (AvgIpc) is 2.38. The van der Waals surface area contributed by atoms with E-state index in [9.17, 15) is 4.79 Å². The molecule has 1 rings (SSSR count). The quantitative estimate of drug-likeness (QED) is 0.616. The lowest BCUT2D eigenvalue weighted by molar-refractivity contribution is 0.0953. The number of alkyl halides is 1. The smallest absolute Gasteiger partial charge is 0.251 e. The van der Waals surface area contributed by atoms with Gasteiger partial charge in [-0.15, -0.1) is 0 Å². The highest BCUT2D eigenvalue weighted by atomic mass is 79.9. The average molecular weight is 316 g/mol. The van der Waals surface area contributed by atoms with Gasteiger partial charge in [0.25, 0.3) is 5.91 Å². The Hall–Kier alpha value is -0.480. The lowest BCUT2D eigenvalue weighted by atomic mass is 10.1. The number of carbonyl (C=O) groups excluding carboxylic acids is 1. The fourth-order valence-electron chi connectivity index (χ4n) is 1.42. The first-order valence-corrected chi connectivity index (χ1v) is 8.21. The fourth-order valence-corrected chi connectivity index (χ4v) is 2.29. The minimum Gasteiger partial charge on any atom is -0.352 e. The van der Waals surface area contributed by atoms with Gasteiger partial charge in [-0.2, -0.15) is 11.8 Å². The Balaban J connectivity index is 2.31. The SMILES string of the molecule is CSCCCCNC(=O)c1ccc(CBr)cc1. The highest BCUT2D eigenvalue weighted by Gasteiger charge is 2.03. The van der Waals surface area contributed by atoms with Crippen LogP contribution in [0.15, 0.2) is 24.3 Å². The van der Waals surface area contributed by atoms with E-state index in [-0.39, 0.29) is 5.91 Å². The van der Waals surface area contributed by atoms with Gasteiger partial charge in [-0.25, -0.2) is 0 Å². The minimum absolute atomic E-state index is 0.0234. The number of hydrogen-bond donors (Lipinski definition) is 1. The lowest BCUT2D eigenvalue weighted by Gasteiger charge is -2.05. The van der Waals surface area contributed by atoms with Crippen LogP contribution < -0.4 is 5.32 Å². The van der Waals surface area contributed by atoms with Crippen molar-refractivity contribution in [1.29, 1.82) is 0 Å². The third-order valence-corrected chi connectivity index (χ3v) is 3.78. The molecular weight excluding hydrogens is 298 g/mol. The molecular formula is C13H18BrNOS. The van der Waals surface area contributed by atoms with Crippen molar-refractivity contribution in [1.82, 2.24) is 5.32 Å². The lowest BCUT2D eigenvalue weighted by Crippen LogP contribution is -2.24. The van der Waals surface area contributed by atoms with Gasteiger partial charge in [0, 0.05) is 17.4 Å². The summed E-state index contributed by atoms with van der Waals surface area (Å²) in [7, 11) is 0. The second kappa shape index (κ2) is 8.59. The van der Waals surface area contributed by atoms with Crippen LogP contribution in [-0.2, 0) is 5.33 Å². The molecule has 0 fully saturated rings. The molecule has 0 unspecified atom stereocenters. The number of nitrogens with one attached hydrogen (secondary N) is 1. The predicted molar refractivity (Wildman–Crippen MR) is 79.0 cm³/mol. The molecule has 0 bridgehead atoms. The number of carbonyl (C=O) groups is 1. The number of unbranched alkanes of at least 4 members (excludes halogenated alkanes) is 1. The molecule has 0 aliphatic rings. The summed E-state index contributed by atoms with van der Waals surface area (Å²) in [5.41, 5.74) is 1.92. The zero-order valence-electron chi connectivity index (χ0n) is 10.0. The van der Waals surface area contributed by atoms with Gasteiger partial charge in [0.2, 0.25) is 0 Å². The molecule has 0 saturated carbocycles. The predicted octanol–water partition coefficient (Wildman–Crippen LogP) is 3.45. The normalized spacial score (nSPS) is 10.2. The van der Waals surface area contributed by atoms with Crippen molar-refractivity contribution in [2.45, 2.75) is 18.2 Å². The maximum atomic E-state index is 11.7. The fraction of sp³-hybridized carbons (Fsp3) is 0.462. The Bertz CT molecular complexity index is 340. The van der Waals surface area contributed by atoms with Crippen LogP contribution >= 0.6 is 27.7 Å². The largest absolute Gasteiger partial charge is 0.352 e. The highest BCUT2D eigenvalue weighted by molar-refractivity contribution is 9.08. The van der Waals surface area contributed by atoms with Crippen LogP contribution in [0, 0.1) is 0 Å². The molecule has 0 aromatic heterocycles. The van der Waals surface area contributed by atoms with Crippen LogP contribution in [-0.4, -0.2) is 24.5 Å². The van der Waals surface area contributed by atoms with E-state index in [0.29, 0.717) is 0 Å². The van der Waals surface area contributed by atoms with Gasteiger partial charge in [-0.1, -0.05) is 28.1 Å². The summed E-state index contributed by atoms with van der Waals surface area (Å²) in [5, 5.41) is 3.76. The standard InChI is InChI=1S/C13H18BrNOS/c1-17-9-3-2-8-15-13(16)12-6-4-11(10-14)5-7-12/h4-7H,2-3,8-10H2,1H3,(H,15,16). The van der Waals surface area contributed by atoms with E-state index in [1.165, 1.54) is 5.56 Å². The Morgan fingerprint density at radius 1 is 1.29 bits per heavy atom. The molecule has 4 heteroatoms. The summed E-state index contributed by atoms with van der Waals surface area (Å²) in [5.74, 6) is 1.19. The third-order valence-electron chi connectivity index (χ3n) is 2.43. The number of thioether (sulfide) groups is 1. The third kappa shape index (κ3) is 5.59. The van der Waals surface area contributed by atoms with Crippen LogP contribution in [0.2, 0.25) is 0 Å². The number of halogens is 1. The maximum absolute atomic E-state index is 11.7. The van der Waals surface area contributed by atoms with Crippen LogP contribution in [0.5, 0.6) is 0 Å². The summed E-state index contributed by atoms with van der Waals surface area (Å²) in [6, 6.07) is 7.68. The highest BCUT2D eigenvalue weighted by Crippen LogP contribution is 2.07. The van der Waals surface area contributed by atoms with Crippen molar-refractivity contribution in [2.75, 3.05) is 18.6 Å². The number of rotatable bonds is 7. The van der Waals surface area contributed by atoms with Crippen LogP contribution in [0.4, 0.5) is 0 Å². The summed E-state index contributed by atoms with van der Waals surface area (Å²) in [6.45, 7) is 0.763. The van der Waals surface area contributed by atoms with E-state index in [2.05, 4.69) is 27.5 Å². The minimum atomic E-state index is 0.0234. The van der Waals surface area contributed by atoms with Crippen molar-refractivity contribution in [3.05, 3.63) is 35.4 Å². The Kier molecular flexibility index (Phi) is 7.37. The van der Waals surface area contributed by atoms with E-state index in [4.69, 9.17) is 0 Å². The Morgan fingerprint density at radius 3 is 2.59 bits per heavy atom. The van der Waals surface area contributed by atoms with E-state index >= 15 is 0 Å². The second-order valence-electron chi connectivity index (χ2n) is 3.79. The first-order chi connectivity index (χ1) is 8.27. The summed E-state index contributed by atoms with van der Waals surface area (Å²) >= 11 is 5.23. The van der Waals surface area contributed by atoms with Crippen LogP contribution in [0.1, 0.15) is 28.8 Å². The van der Waals surface area contributed by atoms with Gasteiger partial charge in [-0.3, -0.25) is 4.79 Å². The van der Waals surface area contributed by atoms with E-state index in [0.717, 1.165) is 36.0 Å². The molecule has 2 nitrogen and oxygen atoms in total. The maximum Gasteiger partial charge on any atom is 0.251 e. The van der Waals surface area contributed by atoms with Gasteiger partial charge in [0.15, 0.2) is 0 Å². The summed E-state index contributed by atoms with van der Waals surface area (Å²) in [4.78, 5) is 11.7. The van der Waals surface area contributed by atoms with E-state index < -0.39 is 0 Å². The zero-order chi connectivity index (χ0) is 12.5. The molecule has 17 heavy (non-hydrogen) atoms. The van der Waals surface area contributed by atoms with Crippen LogP contribution in [0.3, 0.4) is 0 Å². The molecule has 1 N–H and O–H groups in total. The van der Waals surface area contributed by atoms with Gasteiger partial charge in [0.1, 0.15) is 0 Å². The van der Waals surface area contributed by atoms with Crippen molar-refractivity contribution in [2.24, 2.45) is 0 Å². The number of amides is 1. The van der Waals surface area contributed by atoms with Crippen molar-refractivity contribution in [3.8, 4) is 0 Å². The number of hydrogen-bond acceptors (Lipinski definition) is 2. The molecule has 1 aromatic carbocycles. The van der Waals surface area contributed by atoms with Crippen LogP contribution in [0.25, 0.3) is 0 Å². The molecule has 0 saturated heterocycles. The first kappa shape index (κ1) is 14.6. The molecule has 0 aliphatic heterocycles. The summed E-state index contributed by atoms with van der Waals surface area (Å²) in [6.07, 6.45) is 4.31. The molecule has 94 valence electrons. The molecule has 1 amide bonds. The topological polar surface area (TPSA) is 29.1 Å². The first-order valence-electron chi connectivity index (χ1n) is 5.70. The Labute approximate surface area is 116 Å². The van der Waals surface area contributed by atoms with E-state index in [1.54, 1.807) is 0 Å². The molecule has 0 radical (unpaired) electrons. The van der Waals surface area contributed by atoms with Crippen molar-refractivity contribution in [3.63, 3.8) is 0 Å². The molecule has 0 atom stereocenters. The van der Waals surface area contributed by atoms with Crippen molar-refractivity contribution < 1.29 is 4.79 Å².